The number of fused-ring (bicyclic) bond motifs is 2. The molecule has 7 nitrogen and oxygen atoms in total. The number of amides is 1. The van der Waals surface area contributed by atoms with Crippen LogP contribution < -0.4 is 4.90 Å². The summed E-state index contributed by atoms with van der Waals surface area (Å²) in [6.45, 7) is 8.70. The van der Waals surface area contributed by atoms with Crippen LogP contribution in [0.2, 0.25) is 0 Å². The van der Waals surface area contributed by atoms with E-state index in [1.54, 1.807) is 12.1 Å². The van der Waals surface area contributed by atoms with Crippen LogP contribution in [0.5, 0.6) is 5.75 Å². The number of aromatic nitrogens is 2. The highest BCUT2D eigenvalue weighted by Crippen LogP contribution is 2.38. The Labute approximate surface area is 205 Å². The number of hydrogen-bond acceptors (Lipinski definition) is 5. The smallest absolute Gasteiger partial charge is 0.258 e. The lowest BCUT2D eigenvalue weighted by Crippen LogP contribution is -2.36. The first-order valence-electron chi connectivity index (χ1n) is 12.7. The quantitative estimate of drug-likeness (QED) is 0.567. The maximum Gasteiger partial charge on any atom is 0.258 e. The van der Waals surface area contributed by atoms with E-state index in [-0.39, 0.29) is 11.7 Å². The molecule has 1 amide bonds. The van der Waals surface area contributed by atoms with Gasteiger partial charge >= 0.3 is 0 Å². The Kier molecular flexibility index (Phi) is 5.72. The van der Waals surface area contributed by atoms with E-state index in [1.807, 2.05) is 4.90 Å². The predicted molar refractivity (Wildman–Crippen MR) is 136 cm³/mol. The number of allylic oxidation sites excluding steroid dienone is 1. The molecule has 3 heterocycles. The summed E-state index contributed by atoms with van der Waals surface area (Å²) in [7, 11) is 0. The molecular formula is C28H32N4O3. The maximum absolute atomic E-state index is 13.6. The second-order valence-electron chi connectivity index (χ2n) is 10.1. The van der Waals surface area contributed by atoms with Gasteiger partial charge in [-0.15, -0.1) is 0 Å². The molecule has 6 rings (SSSR count). The summed E-state index contributed by atoms with van der Waals surface area (Å²) >= 11 is 0. The van der Waals surface area contributed by atoms with Crippen molar-refractivity contribution in [1.82, 2.24) is 15.1 Å². The van der Waals surface area contributed by atoms with Gasteiger partial charge < -0.3 is 19.6 Å². The summed E-state index contributed by atoms with van der Waals surface area (Å²) in [5.74, 6) is 0.242. The molecule has 1 aromatic heterocycles. The fourth-order valence-electron chi connectivity index (χ4n) is 5.83. The lowest BCUT2D eigenvalue weighted by Gasteiger charge is -2.29. The van der Waals surface area contributed by atoms with Gasteiger partial charge in [0.1, 0.15) is 5.75 Å². The number of phenolic OH excluding ortho intramolecular Hbond substituents is 1. The minimum absolute atomic E-state index is 0.0223. The Morgan fingerprint density at radius 1 is 1.06 bits per heavy atom. The monoisotopic (exact) mass is 472 g/mol. The number of anilines is 1. The number of hydrogen-bond donors (Lipinski definition) is 2. The van der Waals surface area contributed by atoms with Crippen LogP contribution >= 0.6 is 0 Å². The van der Waals surface area contributed by atoms with Gasteiger partial charge in [-0.1, -0.05) is 31.9 Å². The van der Waals surface area contributed by atoms with Crippen molar-refractivity contribution in [2.45, 2.75) is 45.2 Å². The average Bonchev–Trinajstić information content (AvgIpc) is 3.52. The second kappa shape index (κ2) is 9.04. The molecule has 0 bridgehead atoms. The zero-order chi connectivity index (χ0) is 23.9. The first kappa shape index (κ1) is 22.2. The van der Waals surface area contributed by atoms with Gasteiger partial charge in [-0.05, 0) is 53.7 Å². The largest absolute Gasteiger partial charge is 0.507 e. The summed E-state index contributed by atoms with van der Waals surface area (Å²) in [6.07, 6.45) is 5.99. The third-order valence-corrected chi connectivity index (χ3v) is 7.89. The fraction of sp³-hybridized carbons (Fsp3) is 0.429. The minimum Gasteiger partial charge on any atom is -0.507 e. The number of aromatic amines is 1. The third-order valence-electron chi connectivity index (χ3n) is 7.89. The molecule has 7 heteroatoms. The van der Waals surface area contributed by atoms with E-state index in [4.69, 9.17) is 4.74 Å². The molecule has 3 aliphatic rings. The Hall–Kier alpha value is -3.32. The van der Waals surface area contributed by atoms with E-state index < -0.39 is 0 Å². The normalized spacial score (nSPS) is 18.7. The van der Waals surface area contributed by atoms with Gasteiger partial charge in [0.2, 0.25) is 0 Å². The van der Waals surface area contributed by atoms with Crippen molar-refractivity contribution in [2.24, 2.45) is 5.92 Å². The van der Waals surface area contributed by atoms with E-state index in [9.17, 15) is 9.90 Å². The fourth-order valence-corrected chi connectivity index (χ4v) is 5.83. The van der Waals surface area contributed by atoms with E-state index in [1.165, 1.54) is 24.9 Å². The highest BCUT2D eigenvalue weighted by atomic mass is 16.5. The topological polar surface area (TPSA) is 81.7 Å². The van der Waals surface area contributed by atoms with Crippen LogP contribution in [-0.4, -0.2) is 52.4 Å². The van der Waals surface area contributed by atoms with Gasteiger partial charge in [0, 0.05) is 43.3 Å². The van der Waals surface area contributed by atoms with Gasteiger partial charge in [0.25, 0.3) is 5.91 Å². The van der Waals surface area contributed by atoms with Crippen molar-refractivity contribution in [3.05, 3.63) is 59.3 Å². The van der Waals surface area contributed by atoms with Crippen LogP contribution in [-0.2, 0) is 17.8 Å². The number of ether oxygens (including phenoxy) is 1. The van der Waals surface area contributed by atoms with Crippen LogP contribution in [0.3, 0.4) is 0 Å². The predicted octanol–water partition coefficient (Wildman–Crippen LogP) is 4.85. The molecule has 0 spiro atoms. The van der Waals surface area contributed by atoms with Gasteiger partial charge in [-0.25, -0.2) is 0 Å². The molecular weight excluding hydrogens is 440 g/mol. The highest BCUT2D eigenvalue weighted by Gasteiger charge is 2.28. The minimum atomic E-state index is -0.163. The van der Waals surface area contributed by atoms with E-state index in [0.29, 0.717) is 24.6 Å². The van der Waals surface area contributed by atoms with Crippen LogP contribution in [0.4, 0.5) is 5.69 Å². The lowest BCUT2D eigenvalue weighted by molar-refractivity contribution is 0.0748. The maximum atomic E-state index is 13.6. The summed E-state index contributed by atoms with van der Waals surface area (Å²) in [6, 6.07) is 9.86. The summed E-state index contributed by atoms with van der Waals surface area (Å²) in [4.78, 5) is 17.7. The number of nitrogens with one attached hydrogen (secondary N) is 1. The van der Waals surface area contributed by atoms with E-state index >= 15 is 0 Å². The van der Waals surface area contributed by atoms with Crippen LogP contribution in [0.15, 0.2) is 36.9 Å². The van der Waals surface area contributed by atoms with Crippen LogP contribution in [0.1, 0.15) is 59.3 Å². The first-order valence-corrected chi connectivity index (χ1v) is 12.7. The number of H-pyrrole nitrogens is 1. The zero-order valence-corrected chi connectivity index (χ0v) is 20.1. The van der Waals surface area contributed by atoms with Crippen molar-refractivity contribution in [3.63, 3.8) is 0 Å². The molecule has 0 atom stereocenters. The number of morpholine rings is 1. The SMILES string of the molecule is C=C(c1n[nH]c2cc(O)c(C(=O)N3Cc4ccc(N5CCOCC5)cc4C3)cc12)C1CCCCC1. The van der Waals surface area contributed by atoms with Gasteiger partial charge in [0.15, 0.2) is 0 Å². The number of phenols is 1. The molecule has 1 saturated carbocycles. The molecule has 0 unspecified atom stereocenters. The Balaban J connectivity index is 1.25. The molecule has 2 aromatic carbocycles. The molecule has 3 aromatic rings. The number of nitrogens with zero attached hydrogens (tertiary/aromatic N) is 3. The Morgan fingerprint density at radius 2 is 1.83 bits per heavy atom. The second-order valence-corrected chi connectivity index (χ2v) is 10.1. The Morgan fingerprint density at radius 3 is 2.63 bits per heavy atom. The molecule has 0 radical (unpaired) electrons. The zero-order valence-electron chi connectivity index (χ0n) is 20.1. The average molecular weight is 473 g/mol. The van der Waals surface area contributed by atoms with Crippen molar-refractivity contribution >= 4 is 28.1 Å². The van der Waals surface area contributed by atoms with E-state index in [0.717, 1.165) is 72.4 Å². The highest BCUT2D eigenvalue weighted by molar-refractivity contribution is 6.03. The molecule has 2 fully saturated rings. The summed E-state index contributed by atoms with van der Waals surface area (Å²) in [5, 5.41) is 19.1. The standard InChI is InChI=1S/C28H32N4O3/c1-18(19-5-3-2-4-6-19)27-23-14-24(26(33)15-25(23)29-30-27)28(34)32-16-20-7-8-22(13-21(20)17-32)31-9-11-35-12-10-31/h7-8,13-15,19,33H,1-6,9-12,16-17H2,(H,29,30). The molecule has 182 valence electrons. The lowest BCUT2D eigenvalue weighted by atomic mass is 9.82. The molecule has 1 aliphatic carbocycles. The Bertz CT molecular complexity index is 1280. The van der Waals surface area contributed by atoms with Crippen LogP contribution in [0.25, 0.3) is 16.5 Å². The summed E-state index contributed by atoms with van der Waals surface area (Å²) in [5.41, 5.74) is 6.40. The van der Waals surface area contributed by atoms with Crippen molar-refractivity contribution in [3.8, 4) is 5.75 Å². The first-order chi connectivity index (χ1) is 17.1. The molecule has 1 saturated heterocycles. The van der Waals surface area contributed by atoms with Gasteiger partial charge in [-0.2, -0.15) is 5.10 Å². The third kappa shape index (κ3) is 4.08. The van der Waals surface area contributed by atoms with Gasteiger partial charge in [-0.3, -0.25) is 9.89 Å². The molecule has 2 aliphatic heterocycles. The molecule has 2 N–H and O–H groups in total. The van der Waals surface area contributed by atoms with Crippen molar-refractivity contribution < 1.29 is 14.6 Å². The summed E-state index contributed by atoms with van der Waals surface area (Å²) < 4.78 is 5.47. The number of benzene rings is 2. The van der Waals surface area contributed by atoms with Crippen molar-refractivity contribution in [1.29, 1.82) is 0 Å². The molecule has 35 heavy (non-hydrogen) atoms. The van der Waals surface area contributed by atoms with Crippen molar-refractivity contribution in [2.75, 3.05) is 31.2 Å². The van der Waals surface area contributed by atoms with E-state index in [2.05, 4.69) is 39.9 Å². The van der Waals surface area contributed by atoms with Crippen LogP contribution in [0, 0.1) is 5.92 Å². The van der Waals surface area contributed by atoms with Gasteiger partial charge in [0.05, 0.1) is 30.0 Å². The number of carbonyl (C=O) groups is 1. The number of carbonyl (C=O) groups excluding carboxylic acids is 1. The number of aromatic hydroxyl groups is 1. The number of rotatable bonds is 4.